The number of rotatable bonds is 4. The van der Waals surface area contributed by atoms with Crippen molar-refractivity contribution in [3.05, 3.63) is 36.7 Å². The molecule has 3 aromatic rings. The van der Waals surface area contributed by atoms with Crippen molar-refractivity contribution in [2.45, 2.75) is 0 Å². The predicted octanol–water partition coefficient (Wildman–Crippen LogP) is 3.40. The minimum absolute atomic E-state index is 0.105. The Morgan fingerprint density at radius 1 is 0.750 bits per heavy atom. The van der Waals surface area contributed by atoms with Crippen molar-refractivity contribution in [2.24, 2.45) is 34.6 Å². The summed E-state index contributed by atoms with van der Waals surface area (Å²) in [6.07, 6.45) is 3.15. The van der Waals surface area contributed by atoms with Crippen LogP contribution >= 0.6 is 0 Å². The lowest BCUT2D eigenvalue weighted by atomic mass is 10.2. The van der Waals surface area contributed by atoms with Crippen LogP contribution in [-0.2, 0) is 14.1 Å². The van der Waals surface area contributed by atoms with Gasteiger partial charge in [-0.3, -0.25) is 0 Å². The Kier molecular flexibility index (Phi) is 4.01. The van der Waals surface area contributed by atoms with Gasteiger partial charge in [-0.15, -0.1) is 20.5 Å². The normalized spacial score (nSPS) is 11.8. The van der Waals surface area contributed by atoms with Crippen molar-refractivity contribution in [1.82, 2.24) is 19.6 Å². The highest BCUT2D eigenvalue weighted by Crippen LogP contribution is 2.39. The van der Waals surface area contributed by atoms with Crippen LogP contribution < -0.4 is 0 Å². The Morgan fingerprint density at radius 2 is 1.17 bits per heavy atom. The van der Waals surface area contributed by atoms with Gasteiger partial charge in [0.25, 0.3) is 0 Å². The average molecular weight is 326 g/mol. The van der Waals surface area contributed by atoms with E-state index in [4.69, 9.17) is 0 Å². The van der Waals surface area contributed by atoms with E-state index in [-0.39, 0.29) is 22.9 Å². The number of aryl methyl sites for hydroxylation is 2. The van der Waals surface area contributed by atoms with Crippen molar-refractivity contribution >= 4 is 23.0 Å². The van der Waals surface area contributed by atoms with E-state index in [1.54, 1.807) is 38.6 Å². The van der Waals surface area contributed by atoms with Crippen LogP contribution in [0.25, 0.3) is 0 Å². The van der Waals surface area contributed by atoms with Gasteiger partial charge in [-0.2, -0.15) is 10.2 Å². The van der Waals surface area contributed by atoms with Crippen LogP contribution in [0.4, 0.5) is 23.0 Å². The summed E-state index contributed by atoms with van der Waals surface area (Å²) >= 11 is 0. The second-order valence-corrected chi connectivity index (χ2v) is 4.86. The Morgan fingerprint density at radius 3 is 1.50 bits per heavy atom. The summed E-state index contributed by atoms with van der Waals surface area (Å²) in [5, 5.41) is 43.7. The number of aromatic hydroxyl groups is 2. The van der Waals surface area contributed by atoms with E-state index in [1.165, 1.54) is 21.5 Å². The first-order chi connectivity index (χ1) is 11.5. The zero-order chi connectivity index (χ0) is 17.1. The Labute approximate surface area is 136 Å². The molecule has 24 heavy (non-hydrogen) atoms. The number of nitrogens with zero attached hydrogens (tertiary/aromatic N) is 8. The van der Waals surface area contributed by atoms with Crippen LogP contribution in [0.2, 0.25) is 0 Å². The first-order valence-electron chi connectivity index (χ1n) is 6.90. The van der Waals surface area contributed by atoms with Gasteiger partial charge in [-0.25, -0.2) is 9.36 Å². The van der Waals surface area contributed by atoms with Gasteiger partial charge in [0, 0.05) is 38.4 Å². The largest absolute Gasteiger partial charge is 0.506 e. The maximum Gasteiger partial charge on any atom is 0.172 e. The fraction of sp³-hybridized carbons (Fsp3) is 0.143. The van der Waals surface area contributed by atoms with Crippen LogP contribution in [0, 0.1) is 0 Å². The molecule has 0 aliphatic rings. The molecular weight excluding hydrogens is 312 g/mol. The molecule has 0 unspecified atom stereocenters. The van der Waals surface area contributed by atoms with E-state index in [2.05, 4.69) is 30.7 Å². The number of benzene rings is 1. The quantitative estimate of drug-likeness (QED) is 0.563. The highest BCUT2D eigenvalue weighted by Gasteiger charge is 2.09. The van der Waals surface area contributed by atoms with Gasteiger partial charge in [0.1, 0.15) is 22.9 Å². The van der Waals surface area contributed by atoms with Crippen LogP contribution in [0.5, 0.6) is 11.5 Å². The summed E-state index contributed by atoms with van der Waals surface area (Å²) in [4.78, 5) is 0. The molecule has 0 bridgehead atoms. The SMILES string of the molecule is Cn1nccc1N=Nc1cc(O)c(N=Nc2ccnn2C)cc1O. The first kappa shape index (κ1) is 15.3. The second kappa shape index (κ2) is 6.28. The third-order valence-electron chi connectivity index (χ3n) is 3.18. The molecule has 122 valence electrons. The van der Waals surface area contributed by atoms with Gasteiger partial charge < -0.3 is 10.2 Å². The monoisotopic (exact) mass is 326 g/mol. The van der Waals surface area contributed by atoms with E-state index < -0.39 is 0 Å². The summed E-state index contributed by atoms with van der Waals surface area (Å²) in [6.45, 7) is 0. The number of aromatic nitrogens is 4. The van der Waals surface area contributed by atoms with Crippen molar-refractivity contribution in [3.8, 4) is 11.5 Å². The molecule has 10 nitrogen and oxygen atoms in total. The number of hydrogen-bond acceptors (Lipinski definition) is 8. The summed E-state index contributed by atoms with van der Waals surface area (Å²) in [5.41, 5.74) is 0.210. The minimum Gasteiger partial charge on any atom is -0.506 e. The number of phenols is 2. The molecule has 0 amide bonds. The Balaban J connectivity index is 1.86. The zero-order valence-electron chi connectivity index (χ0n) is 12.9. The molecule has 2 heterocycles. The molecule has 2 N–H and O–H groups in total. The zero-order valence-corrected chi connectivity index (χ0v) is 12.9. The van der Waals surface area contributed by atoms with Crippen LogP contribution in [0.3, 0.4) is 0 Å². The van der Waals surface area contributed by atoms with Gasteiger partial charge >= 0.3 is 0 Å². The lowest BCUT2D eigenvalue weighted by Gasteiger charge is -2.02. The molecule has 0 spiro atoms. The van der Waals surface area contributed by atoms with E-state index in [9.17, 15) is 10.2 Å². The molecule has 0 fully saturated rings. The standard InChI is InChI=1S/C14H14N8O2/c1-21-13(3-5-15-21)19-17-9-7-12(24)10(8-11(9)23)18-20-14-4-6-16-22(14)2/h3-8,23-24H,1-2H3. The fourth-order valence-corrected chi connectivity index (χ4v) is 1.86. The smallest absolute Gasteiger partial charge is 0.172 e. The van der Waals surface area contributed by atoms with Gasteiger partial charge in [-0.05, 0) is 0 Å². The molecule has 3 rings (SSSR count). The maximum absolute atomic E-state index is 10.0. The molecular formula is C14H14N8O2. The molecule has 0 radical (unpaired) electrons. The van der Waals surface area contributed by atoms with Gasteiger partial charge in [0.05, 0.1) is 12.4 Å². The van der Waals surface area contributed by atoms with Crippen molar-refractivity contribution < 1.29 is 10.2 Å². The summed E-state index contributed by atoms with van der Waals surface area (Å²) in [6, 6.07) is 5.84. The van der Waals surface area contributed by atoms with Crippen LogP contribution in [0.15, 0.2) is 57.1 Å². The molecule has 10 heteroatoms. The number of hydrogen-bond donors (Lipinski definition) is 2. The highest BCUT2D eigenvalue weighted by molar-refractivity contribution is 5.65. The average Bonchev–Trinajstić information content (AvgIpc) is 3.15. The molecule has 0 saturated heterocycles. The number of azo groups is 2. The minimum atomic E-state index is -0.183. The van der Waals surface area contributed by atoms with Crippen molar-refractivity contribution in [2.75, 3.05) is 0 Å². The lowest BCUT2D eigenvalue weighted by molar-refractivity contribution is 0.462. The van der Waals surface area contributed by atoms with Gasteiger partial charge in [-0.1, -0.05) is 0 Å². The maximum atomic E-state index is 10.0. The topological polar surface area (TPSA) is 126 Å². The van der Waals surface area contributed by atoms with Crippen molar-refractivity contribution in [1.29, 1.82) is 0 Å². The van der Waals surface area contributed by atoms with E-state index >= 15 is 0 Å². The molecule has 0 aliphatic carbocycles. The lowest BCUT2D eigenvalue weighted by Crippen LogP contribution is -1.87. The molecule has 2 aromatic heterocycles. The second-order valence-electron chi connectivity index (χ2n) is 4.86. The molecule has 0 atom stereocenters. The van der Waals surface area contributed by atoms with Crippen LogP contribution in [0.1, 0.15) is 0 Å². The summed E-state index contributed by atoms with van der Waals surface area (Å²) < 4.78 is 3.05. The van der Waals surface area contributed by atoms with Crippen molar-refractivity contribution in [3.63, 3.8) is 0 Å². The first-order valence-corrected chi connectivity index (χ1v) is 6.90. The third-order valence-corrected chi connectivity index (χ3v) is 3.18. The fourth-order valence-electron chi connectivity index (χ4n) is 1.86. The third kappa shape index (κ3) is 3.11. The van der Waals surface area contributed by atoms with Gasteiger partial charge in [0.15, 0.2) is 11.6 Å². The van der Waals surface area contributed by atoms with E-state index in [0.717, 1.165) is 0 Å². The predicted molar refractivity (Wildman–Crippen MR) is 84.5 cm³/mol. The summed E-state index contributed by atoms with van der Waals surface area (Å²) in [5.74, 6) is 0.651. The van der Waals surface area contributed by atoms with Gasteiger partial charge in [0.2, 0.25) is 0 Å². The highest BCUT2D eigenvalue weighted by atomic mass is 16.3. The van der Waals surface area contributed by atoms with E-state index in [0.29, 0.717) is 11.6 Å². The van der Waals surface area contributed by atoms with E-state index in [1.807, 2.05) is 0 Å². The Hall–Kier alpha value is -3.56. The molecule has 0 saturated carbocycles. The molecule has 1 aromatic carbocycles. The molecule has 0 aliphatic heterocycles. The number of phenolic OH excluding ortho intramolecular Hbond substituents is 2. The van der Waals surface area contributed by atoms with Crippen LogP contribution in [-0.4, -0.2) is 29.8 Å². The Bertz CT molecular complexity index is 849. The summed E-state index contributed by atoms with van der Waals surface area (Å²) in [7, 11) is 3.43.